The summed E-state index contributed by atoms with van der Waals surface area (Å²) in [6, 6.07) is 4.44. The van der Waals surface area contributed by atoms with Crippen LogP contribution in [0.4, 0.5) is 5.69 Å². The summed E-state index contributed by atoms with van der Waals surface area (Å²) in [5.74, 6) is 2.39. The highest BCUT2D eigenvalue weighted by Crippen LogP contribution is 2.34. The van der Waals surface area contributed by atoms with Crippen LogP contribution in [0.1, 0.15) is 6.92 Å². The molecule has 0 amide bonds. The van der Waals surface area contributed by atoms with E-state index < -0.39 is 11.0 Å². The van der Waals surface area contributed by atoms with Gasteiger partial charge in [-0.1, -0.05) is 23.6 Å². The summed E-state index contributed by atoms with van der Waals surface area (Å²) in [6.45, 7) is 1.62. The Kier molecular flexibility index (Phi) is 3.53. The Bertz CT molecular complexity index is 425. The third-order valence-corrected chi connectivity index (χ3v) is 1.98. The van der Waals surface area contributed by atoms with Gasteiger partial charge in [0, 0.05) is 0 Å². The van der Waals surface area contributed by atoms with E-state index in [4.69, 9.17) is 22.8 Å². The lowest BCUT2D eigenvalue weighted by molar-refractivity contribution is -0.385. The first-order chi connectivity index (χ1) is 7.06. The van der Waals surface area contributed by atoms with Crippen LogP contribution in [0.3, 0.4) is 0 Å². The molecule has 1 atom stereocenters. The molecule has 0 spiro atoms. The van der Waals surface area contributed by atoms with E-state index in [2.05, 4.69) is 5.92 Å². The topological polar surface area (TPSA) is 52.4 Å². The summed E-state index contributed by atoms with van der Waals surface area (Å²) in [5.41, 5.74) is -0.263. The van der Waals surface area contributed by atoms with E-state index in [0.29, 0.717) is 0 Å². The largest absolute Gasteiger partial charge is 0.471 e. The molecule has 0 aliphatic rings. The fourth-order valence-electron chi connectivity index (χ4n) is 0.992. The zero-order valence-electron chi connectivity index (χ0n) is 7.94. The molecule has 15 heavy (non-hydrogen) atoms. The summed E-state index contributed by atoms with van der Waals surface area (Å²) in [5, 5.41) is 10.7. The van der Waals surface area contributed by atoms with Crippen molar-refractivity contribution in [2.24, 2.45) is 0 Å². The molecule has 0 aliphatic carbocycles. The summed E-state index contributed by atoms with van der Waals surface area (Å²) < 4.78 is 5.17. The van der Waals surface area contributed by atoms with Crippen molar-refractivity contribution in [3.05, 3.63) is 33.3 Å². The smallest absolute Gasteiger partial charge is 0.329 e. The molecule has 0 saturated heterocycles. The number of para-hydroxylation sites is 1. The van der Waals surface area contributed by atoms with Gasteiger partial charge in [0.05, 0.1) is 4.92 Å². The maximum atomic E-state index is 10.7. The third kappa shape index (κ3) is 2.61. The van der Waals surface area contributed by atoms with Gasteiger partial charge < -0.3 is 4.74 Å². The molecular formula is C10H8ClNO3. The number of nitro groups is 1. The second-order valence-corrected chi connectivity index (χ2v) is 3.18. The first kappa shape index (κ1) is 11.3. The second kappa shape index (κ2) is 4.67. The molecule has 5 heteroatoms. The van der Waals surface area contributed by atoms with Crippen molar-refractivity contribution in [2.45, 2.75) is 13.0 Å². The fraction of sp³-hybridized carbons (Fsp3) is 0.200. The zero-order chi connectivity index (χ0) is 11.4. The van der Waals surface area contributed by atoms with E-state index in [1.165, 1.54) is 12.1 Å². The van der Waals surface area contributed by atoms with Crippen LogP contribution in [0.2, 0.25) is 5.02 Å². The van der Waals surface area contributed by atoms with Gasteiger partial charge in [-0.05, 0) is 19.1 Å². The van der Waals surface area contributed by atoms with Crippen molar-refractivity contribution >= 4 is 17.3 Å². The van der Waals surface area contributed by atoms with Gasteiger partial charge in [0.15, 0.2) is 11.9 Å². The fourth-order valence-corrected chi connectivity index (χ4v) is 1.23. The molecule has 0 saturated carbocycles. The van der Waals surface area contributed by atoms with Crippen LogP contribution in [-0.2, 0) is 0 Å². The normalized spacial score (nSPS) is 11.5. The molecule has 0 aromatic heterocycles. The minimum absolute atomic E-state index is 0.0294. The molecule has 0 radical (unpaired) electrons. The number of benzene rings is 1. The molecule has 4 nitrogen and oxygen atoms in total. The van der Waals surface area contributed by atoms with Crippen LogP contribution in [0.15, 0.2) is 18.2 Å². The lowest BCUT2D eigenvalue weighted by atomic mass is 10.3. The van der Waals surface area contributed by atoms with Crippen LogP contribution < -0.4 is 4.74 Å². The van der Waals surface area contributed by atoms with Crippen molar-refractivity contribution in [3.63, 3.8) is 0 Å². The van der Waals surface area contributed by atoms with Crippen LogP contribution in [0, 0.1) is 22.5 Å². The highest BCUT2D eigenvalue weighted by Gasteiger charge is 2.20. The standard InChI is InChI=1S/C10H8ClNO3/c1-3-7(2)15-9-6-4-5-8(11)10(9)12(13)14/h1,4-7H,2H3. The summed E-state index contributed by atoms with van der Waals surface area (Å²) in [6.07, 6.45) is 4.57. The number of hydrogen-bond acceptors (Lipinski definition) is 3. The average Bonchev–Trinajstić information content (AvgIpc) is 2.17. The first-order valence-corrected chi connectivity index (χ1v) is 4.49. The Morgan fingerprint density at radius 2 is 2.33 bits per heavy atom. The van der Waals surface area contributed by atoms with E-state index in [-0.39, 0.29) is 16.5 Å². The SMILES string of the molecule is C#CC(C)Oc1cccc(Cl)c1[N+](=O)[O-]. The van der Waals surface area contributed by atoms with Gasteiger partial charge in [0.25, 0.3) is 0 Å². The maximum absolute atomic E-state index is 10.7. The van der Waals surface area contributed by atoms with Crippen LogP contribution in [-0.4, -0.2) is 11.0 Å². The Labute approximate surface area is 92.0 Å². The van der Waals surface area contributed by atoms with E-state index in [9.17, 15) is 10.1 Å². The van der Waals surface area contributed by atoms with Gasteiger partial charge in [0.1, 0.15) is 5.02 Å². The van der Waals surface area contributed by atoms with Gasteiger partial charge in [-0.2, -0.15) is 0 Å². The molecule has 0 heterocycles. The molecule has 1 aromatic carbocycles. The predicted molar refractivity (Wildman–Crippen MR) is 57.0 cm³/mol. The number of rotatable bonds is 3. The number of nitro benzene ring substituents is 1. The summed E-state index contributed by atoms with van der Waals surface area (Å²) in [4.78, 5) is 10.1. The molecule has 1 rings (SSSR count). The van der Waals surface area contributed by atoms with Gasteiger partial charge in [-0.25, -0.2) is 0 Å². The number of terminal acetylenes is 1. The Balaban J connectivity index is 3.13. The minimum Gasteiger partial charge on any atom is -0.471 e. The van der Waals surface area contributed by atoms with Gasteiger partial charge >= 0.3 is 5.69 Å². The second-order valence-electron chi connectivity index (χ2n) is 2.77. The number of hydrogen-bond donors (Lipinski definition) is 0. The van der Waals surface area contributed by atoms with Gasteiger partial charge in [-0.15, -0.1) is 6.42 Å². The van der Waals surface area contributed by atoms with Crippen molar-refractivity contribution < 1.29 is 9.66 Å². The van der Waals surface area contributed by atoms with Crippen molar-refractivity contribution in [3.8, 4) is 18.1 Å². The maximum Gasteiger partial charge on any atom is 0.329 e. The molecule has 78 valence electrons. The molecule has 0 fully saturated rings. The molecular weight excluding hydrogens is 218 g/mol. The number of nitrogens with zero attached hydrogens (tertiary/aromatic N) is 1. The first-order valence-electron chi connectivity index (χ1n) is 4.12. The Morgan fingerprint density at radius 3 is 2.87 bits per heavy atom. The zero-order valence-corrected chi connectivity index (χ0v) is 8.69. The molecule has 0 bridgehead atoms. The van der Waals surface area contributed by atoms with Gasteiger partial charge in [-0.3, -0.25) is 10.1 Å². The van der Waals surface area contributed by atoms with Crippen molar-refractivity contribution in [2.75, 3.05) is 0 Å². The lowest BCUT2D eigenvalue weighted by Crippen LogP contribution is -2.09. The van der Waals surface area contributed by atoms with E-state index in [1.54, 1.807) is 13.0 Å². The highest BCUT2D eigenvalue weighted by molar-refractivity contribution is 6.32. The quantitative estimate of drug-likeness (QED) is 0.451. The van der Waals surface area contributed by atoms with Crippen LogP contribution >= 0.6 is 11.6 Å². The van der Waals surface area contributed by atoms with E-state index >= 15 is 0 Å². The van der Waals surface area contributed by atoms with Crippen LogP contribution in [0.25, 0.3) is 0 Å². The predicted octanol–water partition coefficient (Wildman–Crippen LogP) is 2.65. The van der Waals surface area contributed by atoms with Crippen LogP contribution in [0.5, 0.6) is 5.75 Å². The molecule has 1 unspecified atom stereocenters. The lowest BCUT2D eigenvalue weighted by Gasteiger charge is -2.09. The average molecular weight is 226 g/mol. The van der Waals surface area contributed by atoms with Crippen molar-refractivity contribution in [1.82, 2.24) is 0 Å². The van der Waals surface area contributed by atoms with Gasteiger partial charge in [0.2, 0.25) is 0 Å². The minimum atomic E-state index is -0.596. The highest BCUT2D eigenvalue weighted by atomic mass is 35.5. The van der Waals surface area contributed by atoms with E-state index in [1.807, 2.05) is 0 Å². The van der Waals surface area contributed by atoms with E-state index in [0.717, 1.165) is 0 Å². The number of halogens is 1. The summed E-state index contributed by atoms with van der Waals surface area (Å²) >= 11 is 5.68. The Hall–Kier alpha value is -1.73. The molecule has 1 aromatic rings. The number of ether oxygens (including phenoxy) is 1. The monoisotopic (exact) mass is 225 g/mol. The molecule has 0 aliphatic heterocycles. The third-order valence-electron chi connectivity index (χ3n) is 1.67. The Morgan fingerprint density at radius 1 is 1.67 bits per heavy atom. The van der Waals surface area contributed by atoms with Crippen molar-refractivity contribution in [1.29, 1.82) is 0 Å². The summed E-state index contributed by atoms with van der Waals surface area (Å²) in [7, 11) is 0. The molecule has 0 N–H and O–H groups in total.